The minimum Gasteiger partial charge on any atom is -0.619 e. The average Bonchev–Trinajstić information content (AvgIpc) is 3.09. The number of nitrogens with zero attached hydrogens (tertiary/aromatic N) is 3. The maximum atomic E-state index is 12.6. The van der Waals surface area contributed by atoms with Crippen molar-refractivity contribution >= 4 is 50.1 Å². The van der Waals surface area contributed by atoms with Gasteiger partial charge < -0.3 is 10.9 Å². The standard InChI is InChI=1S/C17H14IN3O.C5H4BrNO/c1-11-5-2-3-8-15(11)21-17(19)14(10-20-21)16(22)12-6-4-7-13(18)9-12;6-5-2-1-3-7(8)4-5/h2-10H,19H2,1H3;1-4H. The summed E-state index contributed by atoms with van der Waals surface area (Å²) < 4.78 is 4.16. The lowest BCUT2D eigenvalue weighted by atomic mass is 10.1. The molecule has 2 heterocycles. The average molecular weight is 577 g/mol. The van der Waals surface area contributed by atoms with E-state index in [1.54, 1.807) is 22.9 Å². The SMILES string of the molecule is Cc1ccccc1-n1ncc(C(=O)c2cccc(I)c2)c1N.[O-][n+]1cccc(Br)c1. The molecule has 0 aliphatic carbocycles. The van der Waals surface area contributed by atoms with Crippen LogP contribution in [0.25, 0.3) is 5.69 Å². The molecular weight excluding hydrogens is 559 g/mol. The highest BCUT2D eigenvalue weighted by Gasteiger charge is 2.18. The molecule has 0 fully saturated rings. The van der Waals surface area contributed by atoms with Crippen molar-refractivity contribution in [2.45, 2.75) is 6.92 Å². The smallest absolute Gasteiger partial charge is 0.198 e. The fourth-order valence-electron chi connectivity index (χ4n) is 2.74. The van der Waals surface area contributed by atoms with Gasteiger partial charge in [0, 0.05) is 15.2 Å². The van der Waals surface area contributed by atoms with Crippen LogP contribution in [0.15, 0.2) is 83.7 Å². The number of hydrogen-bond donors (Lipinski definition) is 1. The van der Waals surface area contributed by atoms with E-state index in [9.17, 15) is 10.0 Å². The minimum absolute atomic E-state index is 0.115. The molecule has 152 valence electrons. The topological polar surface area (TPSA) is 87.8 Å². The van der Waals surface area contributed by atoms with Gasteiger partial charge in [0.2, 0.25) is 0 Å². The van der Waals surface area contributed by atoms with Gasteiger partial charge in [-0.3, -0.25) is 4.79 Å². The summed E-state index contributed by atoms with van der Waals surface area (Å²) in [7, 11) is 0. The highest BCUT2D eigenvalue weighted by atomic mass is 127. The molecule has 8 heteroatoms. The molecule has 4 aromatic rings. The Morgan fingerprint density at radius 1 is 1.17 bits per heavy atom. The third kappa shape index (κ3) is 5.25. The summed E-state index contributed by atoms with van der Waals surface area (Å²) in [5.74, 6) is 0.244. The number of aryl methyl sites for hydroxylation is 1. The first-order valence-electron chi connectivity index (χ1n) is 8.91. The number of halogens is 2. The van der Waals surface area contributed by atoms with Crippen LogP contribution in [0.2, 0.25) is 0 Å². The zero-order valence-corrected chi connectivity index (χ0v) is 19.7. The molecule has 0 spiro atoms. The number of carbonyl (C=O) groups excluding carboxylic acids is 1. The van der Waals surface area contributed by atoms with E-state index >= 15 is 0 Å². The number of anilines is 1. The van der Waals surface area contributed by atoms with E-state index in [-0.39, 0.29) is 5.78 Å². The van der Waals surface area contributed by atoms with Crippen molar-refractivity contribution in [1.29, 1.82) is 0 Å². The number of pyridine rings is 1. The Bertz CT molecular complexity index is 1180. The molecule has 0 aliphatic rings. The Labute approximate surface area is 196 Å². The number of para-hydroxylation sites is 1. The predicted octanol–water partition coefficient (Wildman–Crippen LogP) is 4.68. The van der Waals surface area contributed by atoms with Crippen LogP contribution < -0.4 is 10.5 Å². The molecular formula is C22H18BrIN4O2. The summed E-state index contributed by atoms with van der Waals surface area (Å²) in [6.07, 6.45) is 4.41. The molecule has 2 aromatic heterocycles. The third-order valence-corrected chi connectivity index (χ3v) is 5.36. The molecule has 0 aliphatic heterocycles. The van der Waals surface area contributed by atoms with Crippen LogP contribution >= 0.6 is 38.5 Å². The zero-order chi connectivity index (χ0) is 21.7. The number of benzene rings is 2. The number of ketones is 1. The van der Waals surface area contributed by atoms with E-state index < -0.39 is 0 Å². The number of hydrogen-bond acceptors (Lipinski definition) is 4. The van der Waals surface area contributed by atoms with Gasteiger partial charge >= 0.3 is 0 Å². The number of nitrogen functional groups attached to an aromatic ring is 1. The van der Waals surface area contributed by atoms with Gasteiger partial charge in [0.25, 0.3) is 0 Å². The quantitative estimate of drug-likeness (QED) is 0.166. The van der Waals surface area contributed by atoms with Crippen molar-refractivity contribution in [2.75, 3.05) is 5.73 Å². The Morgan fingerprint density at radius 3 is 2.57 bits per heavy atom. The van der Waals surface area contributed by atoms with Gasteiger partial charge in [0.15, 0.2) is 18.2 Å². The summed E-state index contributed by atoms with van der Waals surface area (Å²) in [6.45, 7) is 1.98. The first-order chi connectivity index (χ1) is 14.4. The van der Waals surface area contributed by atoms with Gasteiger partial charge in [0.05, 0.1) is 21.9 Å². The van der Waals surface area contributed by atoms with E-state index in [1.165, 1.54) is 18.6 Å². The Hall–Kier alpha value is -2.72. The number of aromatic nitrogens is 3. The fourth-order valence-corrected chi connectivity index (χ4v) is 3.64. The first kappa shape index (κ1) is 22.0. The summed E-state index contributed by atoms with van der Waals surface area (Å²) in [5, 5.41) is 14.7. The zero-order valence-electron chi connectivity index (χ0n) is 16.0. The van der Waals surface area contributed by atoms with Gasteiger partial charge in [-0.2, -0.15) is 9.83 Å². The molecule has 4 rings (SSSR count). The Kier molecular flexibility index (Phi) is 7.22. The van der Waals surface area contributed by atoms with Crippen LogP contribution in [0.5, 0.6) is 0 Å². The van der Waals surface area contributed by atoms with Gasteiger partial charge in [0.1, 0.15) is 5.82 Å². The van der Waals surface area contributed by atoms with Crippen molar-refractivity contribution < 1.29 is 9.52 Å². The highest BCUT2D eigenvalue weighted by Crippen LogP contribution is 2.22. The summed E-state index contributed by atoms with van der Waals surface area (Å²) in [4.78, 5) is 12.6. The molecule has 0 saturated carbocycles. The minimum atomic E-state index is -0.115. The number of carbonyl (C=O) groups is 1. The van der Waals surface area contributed by atoms with Crippen LogP contribution in [0.4, 0.5) is 5.82 Å². The fraction of sp³-hybridized carbons (Fsp3) is 0.0455. The lowest BCUT2D eigenvalue weighted by Crippen LogP contribution is -2.23. The molecule has 0 unspecified atom stereocenters. The molecule has 0 radical (unpaired) electrons. The van der Waals surface area contributed by atoms with Crippen LogP contribution in [-0.4, -0.2) is 15.6 Å². The molecule has 0 bridgehead atoms. The molecule has 30 heavy (non-hydrogen) atoms. The second-order valence-electron chi connectivity index (χ2n) is 6.36. The van der Waals surface area contributed by atoms with Crippen LogP contribution in [-0.2, 0) is 0 Å². The highest BCUT2D eigenvalue weighted by molar-refractivity contribution is 14.1. The predicted molar refractivity (Wildman–Crippen MR) is 128 cm³/mol. The first-order valence-corrected chi connectivity index (χ1v) is 10.8. The second kappa shape index (κ2) is 9.86. The summed E-state index contributed by atoms with van der Waals surface area (Å²) >= 11 is 5.32. The van der Waals surface area contributed by atoms with Gasteiger partial charge in [-0.05, 0) is 75.3 Å². The van der Waals surface area contributed by atoms with Crippen molar-refractivity contribution in [1.82, 2.24) is 9.78 Å². The molecule has 2 N–H and O–H groups in total. The maximum Gasteiger partial charge on any atom is 0.198 e. The summed E-state index contributed by atoms with van der Waals surface area (Å²) in [5.41, 5.74) is 9.12. The maximum absolute atomic E-state index is 12.6. The van der Waals surface area contributed by atoms with Crippen LogP contribution in [0.3, 0.4) is 0 Å². The van der Waals surface area contributed by atoms with E-state index in [0.717, 1.165) is 24.0 Å². The van der Waals surface area contributed by atoms with E-state index in [4.69, 9.17) is 5.73 Å². The normalized spacial score (nSPS) is 10.2. The number of nitrogens with two attached hydrogens (primary N) is 1. The van der Waals surface area contributed by atoms with E-state index in [0.29, 0.717) is 16.9 Å². The van der Waals surface area contributed by atoms with Crippen molar-refractivity contribution in [3.63, 3.8) is 0 Å². The third-order valence-electron chi connectivity index (χ3n) is 4.22. The van der Waals surface area contributed by atoms with Crippen LogP contribution in [0, 0.1) is 15.7 Å². The van der Waals surface area contributed by atoms with Crippen LogP contribution in [0.1, 0.15) is 21.5 Å². The Morgan fingerprint density at radius 2 is 1.93 bits per heavy atom. The largest absolute Gasteiger partial charge is 0.619 e. The lowest BCUT2D eigenvalue weighted by molar-refractivity contribution is -0.606. The molecule has 0 saturated heterocycles. The van der Waals surface area contributed by atoms with E-state index in [2.05, 4.69) is 43.6 Å². The van der Waals surface area contributed by atoms with Gasteiger partial charge in [-0.15, -0.1) is 0 Å². The molecule has 0 atom stereocenters. The Balaban J connectivity index is 0.000000269. The molecule has 0 amide bonds. The molecule has 2 aromatic carbocycles. The monoisotopic (exact) mass is 576 g/mol. The van der Waals surface area contributed by atoms with Gasteiger partial charge in [-0.25, -0.2) is 4.68 Å². The molecule has 6 nitrogen and oxygen atoms in total. The lowest BCUT2D eigenvalue weighted by Gasteiger charge is -2.08. The number of rotatable bonds is 3. The summed E-state index contributed by atoms with van der Waals surface area (Å²) in [6, 6.07) is 18.7. The van der Waals surface area contributed by atoms with Crippen molar-refractivity contribution in [2.24, 2.45) is 0 Å². The van der Waals surface area contributed by atoms with Gasteiger partial charge in [-0.1, -0.05) is 30.3 Å². The second-order valence-corrected chi connectivity index (χ2v) is 8.52. The van der Waals surface area contributed by atoms with Crippen molar-refractivity contribution in [3.8, 4) is 5.69 Å². The van der Waals surface area contributed by atoms with E-state index in [1.807, 2.05) is 49.4 Å². The van der Waals surface area contributed by atoms with Crippen molar-refractivity contribution in [3.05, 3.63) is 109 Å².